The molecule has 4 rings (SSSR count). The molecule has 0 aliphatic carbocycles. The van der Waals surface area contributed by atoms with E-state index in [-0.39, 0.29) is 23.3 Å². The summed E-state index contributed by atoms with van der Waals surface area (Å²) in [5.41, 5.74) is 2.13. The SMILES string of the molecule is C[C@@H]1CN(C(=O)c2c(Cl)nc3ccccn23)C[C@@H](c2ccccc2)O1. The Morgan fingerprint density at radius 1 is 1.16 bits per heavy atom. The standard InChI is InChI=1S/C19H18ClN3O2/c1-13-11-22(12-15(25-13)14-7-3-2-4-8-14)19(24)17-18(20)21-16-9-5-6-10-23(16)17/h2-10,13,15H,11-12H2,1H3/t13-,15+/m1/s1. The Bertz CT molecular complexity index is 909. The summed E-state index contributed by atoms with van der Waals surface area (Å²) in [6.07, 6.45) is 1.60. The summed E-state index contributed by atoms with van der Waals surface area (Å²) < 4.78 is 7.78. The van der Waals surface area contributed by atoms with Crippen LogP contribution >= 0.6 is 11.6 Å². The maximum Gasteiger partial charge on any atom is 0.274 e. The van der Waals surface area contributed by atoms with Gasteiger partial charge in [0.05, 0.1) is 12.6 Å². The molecule has 0 bridgehead atoms. The molecule has 1 amide bonds. The number of pyridine rings is 1. The third-order valence-corrected chi connectivity index (χ3v) is 4.67. The van der Waals surface area contributed by atoms with Crippen molar-refractivity contribution in [3.8, 4) is 0 Å². The van der Waals surface area contributed by atoms with Crippen LogP contribution in [-0.2, 0) is 4.74 Å². The highest BCUT2D eigenvalue weighted by molar-refractivity contribution is 6.32. The van der Waals surface area contributed by atoms with Crippen LogP contribution in [0.1, 0.15) is 29.1 Å². The molecule has 2 aromatic heterocycles. The van der Waals surface area contributed by atoms with Crippen molar-refractivity contribution in [2.24, 2.45) is 0 Å². The number of carbonyl (C=O) groups excluding carboxylic acids is 1. The van der Waals surface area contributed by atoms with Crippen molar-refractivity contribution in [3.05, 3.63) is 71.1 Å². The first-order valence-electron chi connectivity index (χ1n) is 8.26. The van der Waals surface area contributed by atoms with E-state index in [1.165, 1.54) is 0 Å². The Hall–Kier alpha value is -2.37. The normalized spacial score (nSPS) is 20.8. The molecule has 1 aliphatic rings. The maximum absolute atomic E-state index is 13.1. The van der Waals surface area contributed by atoms with Crippen LogP contribution in [0.25, 0.3) is 5.65 Å². The van der Waals surface area contributed by atoms with Crippen LogP contribution in [0.5, 0.6) is 0 Å². The van der Waals surface area contributed by atoms with Crippen LogP contribution in [-0.4, -0.2) is 39.4 Å². The average molecular weight is 356 g/mol. The predicted molar refractivity (Wildman–Crippen MR) is 95.8 cm³/mol. The van der Waals surface area contributed by atoms with Gasteiger partial charge in [-0.15, -0.1) is 0 Å². The van der Waals surface area contributed by atoms with E-state index in [1.54, 1.807) is 15.5 Å². The first-order chi connectivity index (χ1) is 12.1. The lowest BCUT2D eigenvalue weighted by molar-refractivity contribution is -0.0693. The smallest absolute Gasteiger partial charge is 0.274 e. The summed E-state index contributed by atoms with van der Waals surface area (Å²) in [7, 11) is 0. The largest absolute Gasteiger partial charge is 0.367 e. The number of ether oxygens (including phenoxy) is 1. The summed E-state index contributed by atoms with van der Waals surface area (Å²) in [5, 5.41) is 0.228. The van der Waals surface area contributed by atoms with E-state index < -0.39 is 0 Å². The van der Waals surface area contributed by atoms with Crippen molar-refractivity contribution in [1.29, 1.82) is 0 Å². The van der Waals surface area contributed by atoms with Crippen molar-refractivity contribution >= 4 is 23.2 Å². The highest BCUT2D eigenvalue weighted by atomic mass is 35.5. The number of benzene rings is 1. The first kappa shape index (κ1) is 16.1. The van der Waals surface area contributed by atoms with Gasteiger partial charge in [-0.2, -0.15) is 0 Å². The zero-order chi connectivity index (χ0) is 17.4. The fourth-order valence-corrected chi connectivity index (χ4v) is 3.54. The molecule has 25 heavy (non-hydrogen) atoms. The van der Waals surface area contributed by atoms with E-state index in [0.29, 0.717) is 24.4 Å². The summed E-state index contributed by atoms with van der Waals surface area (Å²) in [6, 6.07) is 15.5. The minimum absolute atomic E-state index is 0.0548. The molecule has 1 fully saturated rings. The van der Waals surface area contributed by atoms with Crippen molar-refractivity contribution in [2.45, 2.75) is 19.1 Å². The molecule has 0 spiro atoms. The van der Waals surface area contributed by atoms with E-state index in [1.807, 2.05) is 55.5 Å². The molecule has 3 heterocycles. The van der Waals surface area contributed by atoms with Crippen LogP contribution in [0.15, 0.2) is 54.7 Å². The lowest BCUT2D eigenvalue weighted by Crippen LogP contribution is -2.46. The molecule has 3 aromatic rings. The van der Waals surface area contributed by atoms with Gasteiger partial charge in [0.25, 0.3) is 5.91 Å². The van der Waals surface area contributed by atoms with Gasteiger partial charge in [0.1, 0.15) is 11.8 Å². The number of carbonyl (C=O) groups is 1. The van der Waals surface area contributed by atoms with E-state index in [4.69, 9.17) is 16.3 Å². The summed E-state index contributed by atoms with van der Waals surface area (Å²) in [4.78, 5) is 19.2. The highest BCUT2D eigenvalue weighted by Crippen LogP contribution is 2.27. The van der Waals surface area contributed by atoms with Gasteiger partial charge < -0.3 is 9.64 Å². The second-order valence-corrected chi connectivity index (χ2v) is 6.59. The first-order valence-corrected chi connectivity index (χ1v) is 8.63. The van der Waals surface area contributed by atoms with Gasteiger partial charge in [0.15, 0.2) is 10.8 Å². The molecule has 1 saturated heterocycles. The van der Waals surface area contributed by atoms with Gasteiger partial charge in [0, 0.05) is 12.7 Å². The van der Waals surface area contributed by atoms with Crippen LogP contribution in [0.3, 0.4) is 0 Å². The lowest BCUT2D eigenvalue weighted by atomic mass is 10.1. The maximum atomic E-state index is 13.1. The molecule has 2 atom stereocenters. The Morgan fingerprint density at radius 3 is 2.72 bits per heavy atom. The zero-order valence-corrected chi connectivity index (χ0v) is 14.6. The van der Waals surface area contributed by atoms with Gasteiger partial charge in [-0.05, 0) is 24.6 Å². The molecule has 0 N–H and O–H groups in total. The highest BCUT2D eigenvalue weighted by Gasteiger charge is 2.32. The Balaban J connectivity index is 1.66. The van der Waals surface area contributed by atoms with Gasteiger partial charge >= 0.3 is 0 Å². The lowest BCUT2D eigenvalue weighted by Gasteiger charge is -2.37. The van der Waals surface area contributed by atoms with Crippen LogP contribution in [0.2, 0.25) is 5.15 Å². The third kappa shape index (κ3) is 3.01. The number of amides is 1. The topological polar surface area (TPSA) is 46.8 Å². The number of nitrogens with zero attached hydrogens (tertiary/aromatic N) is 3. The number of imidazole rings is 1. The summed E-state index contributed by atoms with van der Waals surface area (Å²) in [5.74, 6) is -0.125. The molecule has 0 radical (unpaired) electrons. The van der Waals surface area contributed by atoms with Gasteiger partial charge in [-0.1, -0.05) is 48.0 Å². The Morgan fingerprint density at radius 2 is 1.92 bits per heavy atom. The summed E-state index contributed by atoms with van der Waals surface area (Å²) in [6.45, 7) is 2.99. The number of hydrogen-bond acceptors (Lipinski definition) is 3. The molecule has 0 unspecified atom stereocenters. The Kier molecular flexibility index (Phi) is 4.19. The second-order valence-electron chi connectivity index (χ2n) is 6.24. The molecule has 1 aromatic carbocycles. The van der Waals surface area contributed by atoms with E-state index in [0.717, 1.165) is 5.56 Å². The van der Waals surface area contributed by atoms with Gasteiger partial charge in [-0.3, -0.25) is 9.20 Å². The second kappa shape index (κ2) is 6.50. The predicted octanol–water partition coefficient (Wildman–Crippen LogP) is 3.59. The van der Waals surface area contributed by atoms with Crippen LogP contribution in [0.4, 0.5) is 0 Å². The quantitative estimate of drug-likeness (QED) is 0.705. The Labute approximate surface area is 150 Å². The van der Waals surface area contributed by atoms with Crippen molar-refractivity contribution < 1.29 is 9.53 Å². The number of rotatable bonds is 2. The fraction of sp³-hybridized carbons (Fsp3) is 0.263. The molecule has 0 saturated carbocycles. The molecule has 6 heteroatoms. The number of hydrogen-bond donors (Lipinski definition) is 0. The van der Waals surface area contributed by atoms with E-state index in [2.05, 4.69) is 4.98 Å². The molecular weight excluding hydrogens is 338 g/mol. The number of fused-ring (bicyclic) bond motifs is 1. The van der Waals surface area contributed by atoms with Gasteiger partial charge in [-0.25, -0.2) is 4.98 Å². The monoisotopic (exact) mass is 355 g/mol. The average Bonchev–Trinajstić information content (AvgIpc) is 2.97. The number of halogens is 1. The van der Waals surface area contributed by atoms with E-state index in [9.17, 15) is 4.79 Å². The molecule has 5 nitrogen and oxygen atoms in total. The van der Waals surface area contributed by atoms with Crippen LogP contribution < -0.4 is 0 Å². The van der Waals surface area contributed by atoms with Crippen molar-refractivity contribution in [2.75, 3.05) is 13.1 Å². The van der Waals surface area contributed by atoms with Gasteiger partial charge in [0.2, 0.25) is 0 Å². The minimum Gasteiger partial charge on any atom is -0.367 e. The zero-order valence-electron chi connectivity index (χ0n) is 13.8. The van der Waals surface area contributed by atoms with Crippen molar-refractivity contribution in [3.63, 3.8) is 0 Å². The minimum atomic E-state index is -0.146. The van der Waals surface area contributed by atoms with E-state index >= 15 is 0 Å². The molecular formula is C19H18ClN3O2. The third-order valence-electron chi connectivity index (χ3n) is 4.41. The molecule has 1 aliphatic heterocycles. The number of morpholine rings is 1. The van der Waals surface area contributed by atoms with Crippen molar-refractivity contribution in [1.82, 2.24) is 14.3 Å². The fourth-order valence-electron chi connectivity index (χ4n) is 3.28. The summed E-state index contributed by atoms with van der Waals surface area (Å²) >= 11 is 6.26. The molecule has 128 valence electrons. The number of aromatic nitrogens is 2. The van der Waals surface area contributed by atoms with Crippen LogP contribution in [0, 0.1) is 0 Å².